The van der Waals surface area contributed by atoms with E-state index in [4.69, 9.17) is 0 Å². The lowest BCUT2D eigenvalue weighted by molar-refractivity contribution is 0.0773. The minimum absolute atomic E-state index is 0.0965. The Labute approximate surface area is 116 Å². The lowest BCUT2D eigenvalue weighted by Gasteiger charge is -2.18. The van der Waals surface area contributed by atoms with Gasteiger partial charge in [0.1, 0.15) is 0 Å². The summed E-state index contributed by atoms with van der Waals surface area (Å²) >= 11 is 3.19. The molecule has 0 spiro atoms. The molecular weight excluding hydrogens is 318 g/mol. The van der Waals surface area contributed by atoms with E-state index in [9.17, 15) is 13.2 Å². The molecule has 6 heteroatoms. The Balaban J connectivity index is 3.16. The van der Waals surface area contributed by atoms with Crippen molar-refractivity contribution in [2.75, 3.05) is 19.3 Å². The normalized spacial score (nSPS) is 11.3. The summed E-state index contributed by atoms with van der Waals surface area (Å²) in [6.45, 7) is 5.06. The zero-order chi connectivity index (χ0) is 13.9. The van der Waals surface area contributed by atoms with E-state index in [1.807, 2.05) is 13.8 Å². The highest BCUT2D eigenvalue weighted by Gasteiger charge is 2.17. The number of sulfone groups is 1. The number of benzene rings is 1. The molecule has 0 fully saturated rings. The second-order valence-corrected chi connectivity index (χ2v) is 6.73. The summed E-state index contributed by atoms with van der Waals surface area (Å²) in [5.74, 6) is -0.0965. The van der Waals surface area contributed by atoms with Gasteiger partial charge in [-0.25, -0.2) is 8.42 Å². The number of halogens is 1. The third-order valence-electron chi connectivity index (χ3n) is 2.63. The van der Waals surface area contributed by atoms with Crippen LogP contribution in [0.1, 0.15) is 24.2 Å². The summed E-state index contributed by atoms with van der Waals surface area (Å²) in [5.41, 5.74) is 0.484. The SMILES string of the molecule is CCN(CC)C(=O)c1ccc(S(C)(=O)=O)c(Br)c1. The molecule has 0 unspecified atom stereocenters. The van der Waals surface area contributed by atoms with Crippen molar-refractivity contribution in [3.63, 3.8) is 0 Å². The molecule has 0 saturated heterocycles. The Morgan fingerprint density at radius 2 is 1.83 bits per heavy atom. The number of hydrogen-bond donors (Lipinski definition) is 0. The van der Waals surface area contributed by atoms with Gasteiger partial charge in [0.15, 0.2) is 9.84 Å². The van der Waals surface area contributed by atoms with Gasteiger partial charge in [-0.1, -0.05) is 0 Å². The van der Waals surface area contributed by atoms with E-state index in [1.165, 1.54) is 6.07 Å². The average molecular weight is 334 g/mol. The molecule has 1 rings (SSSR count). The van der Waals surface area contributed by atoms with Gasteiger partial charge in [0, 0.05) is 29.4 Å². The van der Waals surface area contributed by atoms with Crippen LogP contribution in [-0.4, -0.2) is 38.6 Å². The molecule has 1 amide bonds. The van der Waals surface area contributed by atoms with Crippen LogP contribution in [0.2, 0.25) is 0 Å². The standard InChI is InChI=1S/C12H16BrNO3S/c1-4-14(5-2)12(15)9-6-7-11(10(13)8-9)18(3,16)17/h6-8H,4-5H2,1-3H3. The second kappa shape index (κ2) is 5.84. The Bertz CT molecular complexity index is 550. The van der Waals surface area contributed by atoms with Crippen LogP contribution < -0.4 is 0 Å². The Hall–Kier alpha value is -0.880. The first kappa shape index (κ1) is 15.2. The zero-order valence-corrected chi connectivity index (χ0v) is 13.0. The van der Waals surface area contributed by atoms with Crippen LogP contribution in [-0.2, 0) is 9.84 Å². The molecule has 0 N–H and O–H groups in total. The van der Waals surface area contributed by atoms with Gasteiger partial charge in [-0.15, -0.1) is 0 Å². The first-order valence-electron chi connectivity index (χ1n) is 5.60. The first-order chi connectivity index (χ1) is 8.31. The van der Waals surface area contributed by atoms with Crippen LogP contribution in [0.5, 0.6) is 0 Å². The summed E-state index contributed by atoms with van der Waals surface area (Å²) < 4.78 is 23.3. The van der Waals surface area contributed by atoms with Crippen LogP contribution in [0.25, 0.3) is 0 Å². The zero-order valence-electron chi connectivity index (χ0n) is 10.6. The van der Waals surface area contributed by atoms with Gasteiger partial charge in [-0.3, -0.25) is 4.79 Å². The fraction of sp³-hybridized carbons (Fsp3) is 0.417. The average Bonchev–Trinajstić information content (AvgIpc) is 2.28. The molecule has 1 aromatic carbocycles. The quantitative estimate of drug-likeness (QED) is 0.849. The summed E-state index contributed by atoms with van der Waals surface area (Å²) in [7, 11) is -3.28. The van der Waals surface area contributed by atoms with Crippen LogP contribution in [0.3, 0.4) is 0 Å². The minimum Gasteiger partial charge on any atom is -0.339 e. The van der Waals surface area contributed by atoms with Crippen molar-refractivity contribution >= 4 is 31.7 Å². The lowest BCUT2D eigenvalue weighted by atomic mass is 10.2. The topological polar surface area (TPSA) is 54.5 Å². The van der Waals surface area contributed by atoms with Crippen molar-refractivity contribution in [1.82, 2.24) is 4.90 Å². The van der Waals surface area contributed by atoms with Gasteiger partial charge in [-0.05, 0) is 48.0 Å². The Morgan fingerprint density at radius 3 is 2.22 bits per heavy atom. The monoisotopic (exact) mass is 333 g/mol. The van der Waals surface area contributed by atoms with E-state index < -0.39 is 9.84 Å². The summed E-state index contributed by atoms with van der Waals surface area (Å²) in [6, 6.07) is 4.55. The van der Waals surface area contributed by atoms with Gasteiger partial charge in [-0.2, -0.15) is 0 Å². The maximum absolute atomic E-state index is 12.1. The Morgan fingerprint density at radius 1 is 1.28 bits per heavy atom. The van der Waals surface area contributed by atoms with Crippen molar-refractivity contribution in [3.8, 4) is 0 Å². The number of carbonyl (C=O) groups excluding carboxylic acids is 1. The fourth-order valence-corrected chi connectivity index (χ4v) is 3.62. The molecule has 18 heavy (non-hydrogen) atoms. The number of rotatable bonds is 4. The van der Waals surface area contributed by atoms with Gasteiger partial charge in [0.2, 0.25) is 0 Å². The maximum atomic E-state index is 12.1. The summed E-state index contributed by atoms with van der Waals surface area (Å²) in [5, 5.41) is 0. The van der Waals surface area contributed by atoms with Crippen LogP contribution in [0.4, 0.5) is 0 Å². The predicted octanol–water partition coefficient (Wildman–Crippen LogP) is 2.33. The number of hydrogen-bond acceptors (Lipinski definition) is 3. The van der Waals surface area contributed by atoms with Gasteiger partial charge in [0.05, 0.1) is 4.90 Å². The molecule has 0 atom stereocenters. The smallest absolute Gasteiger partial charge is 0.253 e. The molecule has 0 aliphatic heterocycles. The van der Waals surface area contributed by atoms with Gasteiger partial charge in [0.25, 0.3) is 5.91 Å². The van der Waals surface area contributed by atoms with Crippen molar-refractivity contribution in [2.24, 2.45) is 0 Å². The van der Waals surface area contributed by atoms with E-state index in [2.05, 4.69) is 15.9 Å². The van der Waals surface area contributed by atoms with Crippen molar-refractivity contribution < 1.29 is 13.2 Å². The van der Waals surface area contributed by atoms with Crippen LogP contribution >= 0.6 is 15.9 Å². The molecular formula is C12H16BrNO3S. The Kier molecular flexibility index (Phi) is 4.92. The van der Waals surface area contributed by atoms with Crippen molar-refractivity contribution in [2.45, 2.75) is 18.7 Å². The van der Waals surface area contributed by atoms with Crippen molar-refractivity contribution in [3.05, 3.63) is 28.2 Å². The first-order valence-corrected chi connectivity index (χ1v) is 8.28. The number of carbonyl (C=O) groups is 1. The van der Waals surface area contributed by atoms with E-state index in [1.54, 1.807) is 17.0 Å². The lowest BCUT2D eigenvalue weighted by Crippen LogP contribution is -2.30. The summed E-state index contributed by atoms with van der Waals surface area (Å²) in [4.78, 5) is 14.0. The minimum atomic E-state index is -3.28. The molecule has 100 valence electrons. The third-order valence-corrected chi connectivity index (χ3v) is 4.70. The predicted molar refractivity (Wildman–Crippen MR) is 74.5 cm³/mol. The molecule has 0 heterocycles. The van der Waals surface area contributed by atoms with E-state index in [-0.39, 0.29) is 10.8 Å². The molecule has 4 nitrogen and oxygen atoms in total. The van der Waals surface area contributed by atoms with Crippen LogP contribution in [0, 0.1) is 0 Å². The van der Waals surface area contributed by atoms with Gasteiger partial charge < -0.3 is 4.90 Å². The van der Waals surface area contributed by atoms with E-state index in [0.717, 1.165) is 6.26 Å². The molecule has 1 aromatic rings. The fourth-order valence-electron chi connectivity index (χ4n) is 1.63. The summed E-state index contributed by atoms with van der Waals surface area (Å²) in [6.07, 6.45) is 1.14. The molecule has 0 bridgehead atoms. The van der Waals surface area contributed by atoms with E-state index >= 15 is 0 Å². The van der Waals surface area contributed by atoms with E-state index in [0.29, 0.717) is 23.1 Å². The second-order valence-electron chi connectivity index (χ2n) is 3.89. The molecule has 0 radical (unpaired) electrons. The molecule has 0 saturated carbocycles. The number of nitrogens with zero attached hydrogens (tertiary/aromatic N) is 1. The highest BCUT2D eigenvalue weighted by Crippen LogP contribution is 2.23. The maximum Gasteiger partial charge on any atom is 0.253 e. The highest BCUT2D eigenvalue weighted by molar-refractivity contribution is 9.10. The molecule has 0 aliphatic rings. The number of amides is 1. The van der Waals surface area contributed by atoms with Crippen LogP contribution in [0.15, 0.2) is 27.6 Å². The third kappa shape index (κ3) is 3.32. The van der Waals surface area contributed by atoms with Gasteiger partial charge >= 0.3 is 0 Å². The highest BCUT2D eigenvalue weighted by atomic mass is 79.9. The van der Waals surface area contributed by atoms with Crippen molar-refractivity contribution in [1.29, 1.82) is 0 Å². The largest absolute Gasteiger partial charge is 0.339 e. The molecule has 0 aliphatic carbocycles. The molecule has 0 aromatic heterocycles.